The molecule has 20 heavy (non-hydrogen) atoms. The fourth-order valence-corrected chi connectivity index (χ4v) is 2.06. The first-order chi connectivity index (χ1) is 9.38. The number of rotatable bonds is 3. The highest BCUT2D eigenvalue weighted by atomic mass is 16.6. The van der Waals surface area contributed by atoms with Crippen LogP contribution in [0.1, 0.15) is 12.5 Å². The van der Waals surface area contributed by atoms with Crippen molar-refractivity contribution in [3.8, 4) is 0 Å². The van der Waals surface area contributed by atoms with Gasteiger partial charge in [-0.15, -0.1) is 0 Å². The van der Waals surface area contributed by atoms with Gasteiger partial charge in [-0.05, 0) is 18.6 Å². The summed E-state index contributed by atoms with van der Waals surface area (Å²) < 4.78 is 0. The molecule has 1 aromatic rings. The first-order valence-corrected chi connectivity index (χ1v) is 5.99. The largest absolute Gasteiger partial charge is 0.393 e. The zero-order valence-corrected chi connectivity index (χ0v) is 10.8. The lowest BCUT2D eigenvalue weighted by atomic mass is 10.1. The Kier molecular flexibility index (Phi) is 3.66. The van der Waals surface area contributed by atoms with Crippen molar-refractivity contribution in [3.63, 3.8) is 0 Å². The number of carbonyl (C=O) groups is 2. The van der Waals surface area contributed by atoms with E-state index in [-0.39, 0.29) is 29.7 Å². The molecular formula is C12H14N4O4. The van der Waals surface area contributed by atoms with Crippen LogP contribution in [0.3, 0.4) is 0 Å². The molecule has 3 N–H and O–H groups in total. The maximum Gasteiger partial charge on any atom is 0.292 e. The van der Waals surface area contributed by atoms with Crippen molar-refractivity contribution in [1.82, 2.24) is 10.2 Å². The number of benzene rings is 1. The molecule has 8 heteroatoms. The quantitative estimate of drug-likeness (QED) is 0.348. The van der Waals surface area contributed by atoms with E-state index in [1.54, 1.807) is 17.9 Å². The number of nitrogens with zero attached hydrogens (tertiary/aromatic N) is 2. The normalized spacial score (nSPS) is 19.8. The number of nitro benzene ring substituents is 1. The van der Waals surface area contributed by atoms with Gasteiger partial charge in [0, 0.05) is 12.6 Å². The summed E-state index contributed by atoms with van der Waals surface area (Å²) in [6.45, 7) is 2.11. The van der Waals surface area contributed by atoms with Gasteiger partial charge in [0.1, 0.15) is 5.69 Å². The Labute approximate surface area is 114 Å². The Hall–Kier alpha value is -2.48. The van der Waals surface area contributed by atoms with Gasteiger partial charge in [0.05, 0.1) is 17.5 Å². The van der Waals surface area contributed by atoms with Gasteiger partial charge in [0.25, 0.3) is 5.69 Å². The number of piperazine rings is 1. The van der Waals surface area contributed by atoms with Crippen LogP contribution in [0.4, 0.5) is 11.4 Å². The summed E-state index contributed by atoms with van der Waals surface area (Å²) in [5.41, 5.74) is 6.23. The molecule has 0 spiro atoms. The SMILES string of the molecule is CC1C(=O)NC(=O)CN1Cc1ccc([N+](=O)[O-])c(N)c1. The van der Waals surface area contributed by atoms with Crippen molar-refractivity contribution in [1.29, 1.82) is 0 Å². The number of hydrogen-bond acceptors (Lipinski definition) is 6. The maximum absolute atomic E-state index is 11.5. The second kappa shape index (κ2) is 5.25. The molecule has 1 saturated heterocycles. The fourth-order valence-electron chi connectivity index (χ4n) is 2.06. The molecule has 0 aliphatic carbocycles. The van der Waals surface area contributed by atoms with Gasteiger partial charge in [0.15, 0.2) is 0 Å². The van der Waals surface area contributed by atoms with Crippen LogP contribution in [-0.2, 0) is 16.1 Å². The molecular weight excluding hydrogens is 264 g/mol. The van der Waals surface area contributed by atoms with Gasteiger partial charge in [-0.2, -0.15) is 0 Å². The molecule has 0 aromatic heterocycles. The Balaban J connectivity index is 2.17. The number of nitrogen functional groups attached to an aromatic ring is 1. The van der Waals surface area contributed by atoms with Gasteiger partial charge in [0.2, 0.25) is 11.8 Å². The first kappa shape index (κ1) is 13.9. The lowest BCUT2D eigenvalue weighted by Gasteiger charge is -2.31. The van der Waals surface area contributed by atoms with Gasteiger partial charge < -0.3 is 5.73 Å². The standard InChI is InChI=1S/C12H14N4O4/c1-7-12(18)14-11(17)6-15(7)5-8-2-3-10(16(19)20)9(13)4-8/h2-4,7H,5-6,13H2,1H3,(H,14,17,18). The van der Waals surface area contributed by atoms with Gasteiger partial charge >= 0.3 is 0 Å². The first-order valence-electron chi connectivity index (χ1n) is 5.99. The predicted octanol–water partition coefficient (Wildman–Crippen LogP) is 0.0239. The highest BCUT2D eigenvalue weighted by Crippen LogP contribution is 2.23. The van der Waals surface area contributed by atoms with E-state index in [2.05, 4.69) is 5.32 Å². The topological polar surface area (TPSA) is 119 Å². The van der Waals surface area contributed by atoms with E-state index in [1.165, 1.54) is 12.1 Å². The highest BCUT2D eigenvalue weighted by Gasteiger charge is 2.30. The molecule has 0 radical (unpaired) electrons. The molecule has 1 fully saturated rings. The molecule has 0 bridgehead atoms. The zero-order chi connectivity index (χ0) is 14.9. The molecule has 1 unspecified atom stereocenters. The molecule has 1 aliphatic rings. The molecule has 1 aliphatic heterocycles. The van der Waals surface area contributed by atoms with Gasteiger partial charge in [-0.3, -0.25) is 29.9 Å². The minimum absolute atomic E-state index is 0.0629. The maximum atomic E-state index is 11.5. The highest BCUT2D eigenvalue weighted by molar-refractivity contribution is 6.00. The summed E-state index contributed by atoms with van der Waals surface area (Å²) in [4.78, 5) is 34.7. The van der Waals surface area contributed by atoms with E-state index in [4.69, 9.17) is 5.73 Å². The van der Waals surface area contributed by atoms with Crippen LogP contribution < -0.4 is 11.1 Å². The minimum atomic E-state index is -0.556. The molecule has 0 saturated carbocycles. The lowest BCUT2D eigenvalue weighted by molar-refractivity contribution is -0.383. The number of anilines is 1. The number of carbonyl (C=O) groups excluding carboxylic acids is 2. The van der Waals surface area contributed by atoms with E-state index in [1.807, 2.05) is 0 Å². The molecule has 106 valence electrons. The third-order valence-electron chi connectivity index (χ3n) is 3.21. The van der Waals surface area contributed by atoms with Crippen LogP contribution in [-0.4, -0.2) is 34.2 Å². The van der Waals surface area contributed by atoms with Crippen molar-refractivity contribution in [2.24, 2.45) is 0 Å². The predicted molar refractivity (Wildman–Crippen MR) is 70.5 cm³/mol. The van der Waals surface area contributed by atoms with Crippen molar-refractivity contribution >= 4 is 23.2 Å². The second-order valence-corrected chi connectivity index (χ2v) is 4.64. The minimum Gasteiger partial charge on any atom is -0.393 e. The summed E-state index contributed by atoms with van der Waals surface area (Å²) in [7, 11) is 0. The average molecular weight is 278 g/mol. The van der Waals surface area contributed by atoms with E-state index in [9.17, 15) is 19.7 Å². The Morgan fingerprint density at radius 3 is 2.80 bits per heavy atom. The monoisotopic (exact) mass is 278 g/mol. The zero-order valence-electron chi connectivity index (χ0n) is 10.8. The summed E-state index contributed by atoms with van der Waals surface area (Å²) in [6, 6.07) is 3.94. The molecule has 1 heterocycles. The number of nitrogens with one attached hydrogen (secondary N) is 1. The summed E-state index contributed by atoms with van der Waals surface area (Å²) in [6.07, 6.45) is 0. The van der Waals surface area contributed by atoms with Crippen molar-refractivity contribution in [3.05, 3.63) is 33.9 Å². The van der Waals surface area contributed by atoms with E-state index < -0.39 is 11.0 Å². The lowest BCUT2D eigenvalue weighted by Crippen LogP contribution is -2.56. The fraction of sp³-hybridized carbons (Fsp3) is 0.333. The summed E-state index contributed by atoms with van der Waals surface area (Å²) >= 11 is 0. The Bertz CT molecular complexity index is 587. The summed E-state index contributed by atoms with van der Waals surface area (Å²) in [5, 5.41) is 12.9. The number of amides is 2. The van der Waals surface area contributed by atoms with E-state index >= 15 is 0 Å². The summed E-state index contributed by atoms with van der Waals surface area (Å²) in [5.74, 6) is -0.709. The molecule has 2 amide bonds. The Morgan fingerprint density at radius 1 is 1.50 bits per heavy atom. The smallest absolute Gasteiger partial charge is 0.292 e. The van der Waals surface area contributed by atoms with Crippen LogP contribution in [0, 0.1) is 10.1 Å². The van der Waals surface area contributed by atoms with E-state index in [0.717, 1.165) is 0 Å². The van der Waals surface area contributed by atoms with Crippen molar-refractivity contribution in [2.45, 2.75) is 19.5 Å². The molecule has 2 rings (SSSR count). The average Bonchev–Trinajstić information content (AvgIpc) is 2.35. The third-order valence-corrected chi connectivity index (χ3v) is 3.21. The number of imide groups is 1. The number of nitro groups is 1. The van der Waals surface area contributed by atoms with Crippen LogP contribution in [0.2, 0.25) is 0 Å². The van der Waals surface area contributed by atoms with Crippen LogP contribution in [0.15, 0.2) is 18.2 Å². The van der Waals surface area contributed by atoms with Crippen LogP contribution in [0.5, 0.6) is 0 Å². The van der Waals surface area contributed by atoms with Crippen molar-refractivity contribution < 1.29 is 14.5 Å². The van der Waals surface area contributed by atoms with Crippen molar-refractivity contribution in [2.75, 3.05) is 12.3 Å². The molecule has 1 aromatic carbocycles. The number of nitrogens with two attached hydrogens (primary N) is 1. The third kappa shape index (κ3) is 2.75. The molecule has 1 atom stereocenters. The van der Waals surface area contributed by atoms with Gasteiger partial charge in [-0.1, -0.05) is 6.07 Å². The Morgan fingerprint density at radius 2 is 2.20 bits per heavy atom. The molecule has 8 nitrogen and oxygen atoms in total. The number of hydrogen-bond donors (Lipinski definition) is 2. The van der Waals surface area contributed by atoms with E-state index in [0.29, 0.717) is 12.1 Å². The van der Waals surface area contributed by atoms with Crippen LogP contribution in [0.25, 0.3) is 0 Å². The second-order valence-electron chi connectivity index (χ2n) is 4.64. The van der Waals surface area contributed by atoms with Gasteiger partial charge in [-0.25, -0.2) is 0 Å². The van der Waals surface area contributed by atoms with Crippen LogP contribution >= 0.6 is 0 Å².